The van der Waals surface area contributed by atoms with Gasteiger partial charge in [-0.25, -0.2) is 17.5 Å². The molecule has 2 N–H and O–H groups in total. The van der Waals surface area contributed by atoms with Gasteiger partial charge >= 0.3 is 6.61 Å². The van der Waals surface area contributed by atoms with Crippen molar-refractivity contribution in [3.8, 4) is 11.5 Å². The van der Waals surface area contributed by atoms with E-state index < -0.39 is 28.4 Å². The summed E-state index contributed by atoms with van der Waals surface area (Å²) in [7, 11) is -2.62. The van der Waals surface area contributed by atoms with Gasteiger partial charge in [0.1, 0.15) is 5.82 Å². The summed E-state index contributed by atoms with van der Waals surface area (Å²) in [4.78, 5) is 12.4. The molecular weight excluding hydrogens is 473 g/mol. The number of carbonyl (C=O) groups is 1. The molecule has 0 bridgehead atoms. The van der Waals surface area contributed by atoms with Gasteiger partial charge in [0.05, 0.1) is 12.0 Å². The van der Waals surface area contributed by atoms with Crippen molar-refractivity contribution in [2.24, 2.45) is 0 Å². The van der Waals surface area contributed by atoms with Crippen LogP contribution in [0.1, 0.15) is 21.5 Å². The zero-order valence-corrected chi connectivity index (χ0v) is 18.7. The van der Waals surface area contributed by atoms with Crippen LogP contribution in [0.2, 0.25) is 0 Å². The molecule has 0 aliphatic carbocycles. The predicted octanol–water partition coefficient (Wildman–Crippen LogP) is 3.84. The highest BCUT2D eigenvalue weighted by atomic mass is 32.2. The molecule has 0 radical (unpaired) electrons. The average molecular weight is 494 g/mol. The third-order valence-electron chi connectivity index (χ3n) is 4.66. The lowest BCUT2D eigenvalue weighted by Gasteiger charge is -2.12. The van der Waals surface area contributed by atoms with Crippen molar-refractivity contribution in [2.45, 2.75) is 24.6 Å². The largest absolute Gasteiger partial charge is 0.493 e. The van der Waals surface area contributed by atoms with Crippen molar-refractivity contribution in [2.75, 3.05) is 7.11 Å². The maximum absolute atomic E-state index is 13.3. The Balaban J connectivity index is 1.66. The molecule has 0 unspecified atom stereocenters. The predicted molar refractivity (Wildman–Crippen MR) is 118 cm³/mol. The highest BCUT2D eigenvalue weighted by Gasteiger charge is 2.16. The van der Waals surface area contributed by atoms with Gasteiger partial charge in [-0.1, -0.05) is 24.3 Å². The number of carbonyl (C=O) groups excluding carboxylic acids is 1. The lowest BCUT2D eigenvalue weighted by Crippen LogP contribution is -2.25. The van der Waals surface area contributed by atoms with Crippen molar-refractivity contribution in [3.63, 3.8) is 0 Å². The smallest absolute Gasteiger partial charge is 0.387 e. The van der Waals surface area contributed by atoms with Gasteiger partial charge in [0.25, 0.3) is 5.91 Å². The molecule has 0 fully saturated rings. The number of amides is 1. The van der Waals surface area contributed by atoms with Crippen LogP contribution >= 0.6 is 0 Å². The first kappa shape index (κ1) is 25.1. The lowest BCUT2D eigenvalue weighted by molar-refractivity contribution is -0.0512. The number of rotatable bonds is 10. The minimum Gasteiger partial charge on any atom is -0.493 e. The zero-order valence-electron chi connectivity index (χ0n) is 17.9. The van der Waals surface area contributed by atoms with E-state index in [0.717, 1.165) is 6.07 Å². The number of hydrogen-bond donors (Lipinski definition) is 2. The molecule has 0 spiro atoms. The fourth-order valence-electron chi connectivity index (χ4n) is 3.02. The van der Waals surface area contributed by atoms with E-state index in [0.29, 0.717) is 11.1 Å². The van der Waals surface area contributed by atoms with Crippen LogP contribution in [-0.2, 0) is 23.1 Å². The van der Waals surface area contributed by atoms with E-state index in [1.54, 1.807) is 12.1 Å². The monoisotopic (exact) mass is 494 g/mol. The van der Waals surface area contributed by atoms with Crippen molar-refractivity contribution in [3.05, 3.63) is 89.2 Å². The number of nitrogens with one attached hydrogen (secondary N) is 2. The second-order valence-electron chi connectivity index (χ2n) is 7.03. The lowest BCUT2D eigenvalue weighted by atomic mass is 10.1. The molecule has 0 saturated carbocycles. The van der Waals surface area contributed by atoms with E-state index in [2.05, 4.69) is 14.8 Å². The SMILES string of the molecule is COc1ccc(C(=O)NCc2cccc(S(=O)(=O)NCc3cccc(F)c3)c2)cc1OC(F)F. The van der Waals surface area contributed by atoms with Gasteiger partial charge in [0.15, 0.2) is 11.5 Å². The third-order valence-corrected chi connectivity index (χ3v) is 6.06. The second-order valence-corrected chi connectivity index (χ2v) is 8.80. The summed E-state index contributed by atoms with van der Waals surface area (Å²) in [5.41, 5.74) is 0.998. The van der Waals surface area contributed by atoms with Crippen LogP contribution in [0.4, 0.5) is 13.2 Å². The Labute approximate surface area is 194 Å². The molecule has 0 saturated heterocycles. The second kappa shape index (κ2) is 11.0. The van der Waals surface area contributed by atoms with Crippen LogP contribution in [-0.4, -0.2) is 28.0 Å². The first-order valence-electron chi connectivity index (χ1n) is 9.92. The maximum Gasteiger partial charge on any atom is 0.387 e. The molecule has 7 nitrogen and oxygen atoms in total. The quantitative estimate of drug-likeness (QED) is 0.447. The van der Waals surface area contributed by atoms with Crippen molar-refractivity contribution >= 4 is 15.9 Å². The Morgan fingerprint density at radius 2 is 1.65 bits per heavy atom. The molecule has 0 aromatic heterocycles. The molecule has 0 aliphatic heterocycles. The van der Waals surface area contributed by atoms with Crippen LogP contribution in [0.15, 0.2) is 71.6 Å². The first-order chi connectivity index (χ1) is 16.2. The molecule has 34 heavy (non-hydrogen) atoms. The normalized spacial score (nSPS) is 11.3. The number of hydrogen-bond acceptors (Lipinski definition) is 5. The third kappa shape index (κ3) is 6.72. The molecule has 180 valence electrons. The minimum absolute atomic E-state index is 0.0246. The van der Waals surface area contributed by atoms with E-state index in [1.807, 2.05) is 0 Å². The van der Waals surface area contributed by atoms with E-state index in [4.69, 9.17) is 4.74 Å². The maximum atomic E-state index is 13.3. The van der Waals surface area contributed by atoms with E-state index in [-0.39, 0.29) is 35.0 Å². The fourth-order valence-corrected chi connectivity index (χ4v) is 4.11. The van der Waals surface area contributed by atoms with Gasteiger partial charge in [0.2, 0.25) is 10.0 Å². The Bertz CT molecular complexity index is 1270. The van der Waals surface area contributed by atoms with Crippen LogP contribution < -0.4 is 19.5 Å². The van der Waals surface area contributed by atoms with Crippen LogP contribution in [0.3, 0.4) is 0 Å². The van der Waals surface area contributed by atoms with Gasteiger partial charge in [-0.15, -0.1) is 0 Å². The zero-order chi connectivity index (χ0) is 24.7. The Morgan fingerprint density at radius 1 is 0.941 bits per heavy atom. The van der Waals surface area contributed by atoms with E-state index in [9.17, 15) is 26.4 Å². The average Bonchev–Trinajstić information content (AvgIpc) is 2.81. The Kier molecular flexibility index (Phi) is 8.13. The summed E-state index contributed by atoms with van der Waals surface area (Å²) < 4.78 is 75.4. The van der Waals surface area contributed by atoms with Crippen molar-refractivity contribution < 1.29 is 35.9 Å². The molecular formula is C23H21F3N2O5S. The highest BCUT2D eigenvalue weighted by Crippen LogP contribution is 2.29. The van der Waals surface area contributed by atoms with Gasteiger partial charge < -0.3 is 14.8 Å². The molecule has 0 heterocycles. The van der Waals surface area contributed by atoms with Gasteiger partial charge in [0, 0.05) is 18.7 Å². The standard InChI is InChI=1S/C23H21F3N2O5S/c1-32-20-9-8-17(12-21(20)33-23(25)26)22(29)27-13-16-5-3-7-19(11-16)34(30,31)28-14-15-4-2-6-18(24)10-15/h2-12,23,28H,13-14H2,1H3,(H,27,29). The Hall–Kier alpha value is -3.57. The van der Waals surface area contributed by atoms with E-state index in [1.165, 1.54) is 55.6 Å². The van der Waals surface area contributed by atoms with Crippen LogP contribution in [0, 0.1) is 5.82 Å². The summed E-state index contributed by atoms with van der Waals surface area (Å²) in [5.74, 6) is -1.30. The number of methoxy groups -OCH3 is 1. The van der Waals surface area contributed by atoms with Crippen LogP contribution in [0.5, 0.6) is 11.5 Å². The number of ether oxygens (including phenoxy) is 2. The molecule has 1 amide bonds. The summed E-state index contributed by atoms with van der Waals surface area (Å²) in [6.45, 7) is -3.21. The highest BCUT2D eigenvalue weighted by molar-refractivity contribution is 7.89. The first-order valence-corrected chi connectivity index (χ1v) is 11.4. The number of benzene rings is 3. The number of halogens is 3. The fraction of sp³-hybridized carbons (Fsp3) is 0.174. The molecule has 3 aromatic carbocycles. The van der Waals surface area contributed by atoms with Gasteiger partial charge in [-0.05, 0) is 53.6 Å². The topological polar surface area (TPSA) is 93.7 Å². The molecule has 0 aliphatic rings. The van der Waals surface area contributed by atoms with Crippen molar-refractivity contribution in [1.29, 1.82) is 0 Å². The van der Waals surface area contributed by atoms with Crippen LogP contribution in [0.25, 0.3) is 0 Å². The molecule has 11 heteroatoms. The summed E-state index contributed by atoms with van der Waals surface area (Å²) >= 11 is 0. The minimum atomic E-state index is -3.90. The van der Waals surface area contributed by atoms with Crippen molar-refractivity contribution in [1.82, 2.24) is 10.0 Å². The summed E-state index contributed by atoms with van der Waals surface area (Å²) in [6, 6.07) is 15.3. The molecule has 3 rings (SSSR count). The molecule has 0 atom stereocenters. The van der Waals surface area contributed by atoms with Gasteiger partial charge in [-0.2, -0.15) is 8.78 Å². The van der Waals surface area contributed by atoms with Gasteiger partial charge in [-0.3, -0.25) is 4.79 Å². The summed E-state index contributed by atoms with van der Waals surface area (Å²) in [6.07, 6.45) is 0. The summed E-state index contributed by atoms with van der Waals surface area (Å²) in [5, 5.41) is 2.60. The number of alkyl halides is 2. The molecule has 3 aromatic rings. The Morgan fingerprint density at radius 3 is 2.32 bits per heavy atom. The van der Waals surface area contributed by atoms with E-state index >= 15 is 0 Å². The number of sulfonamides is 1.